The zero-order valence-electron chi connectivity index (χ0n) is 15.2. The molecule has 2 aromatic carbocycles. The monoisotopic (exact) mass is 437 g/mol. The van der Waals surface area contributed by atoms with E-state index >= 15 is 0 Å². The molecule has 0 aliphatic carbocycles. The first-order valence-corrected chi connectivity index (χ1v) is 11.5. The van der Waals surface area contributed by atoms with Crippen molar-refractivity contribution in [2.24, 2.45) is 4.99 Å². The first kappa shape index (κ1) is 20.7. The van der Waals surface area contributed by atoms with Crippen LogP contribution in [0.2, 0.25) is 5.02 Å². The van der Waals surface area contributed by atoms with Crippen molar-refractivity contribution >= 4 is 50.8 Å². The molecular formula is C19H20ClN3O3S2. The van der Waals surface area contributed by atoms with Crippen molar-refractivity contribution in [1.82, 2.24) is 4.72 Å². The van der Waals surface area contributed by atoms with Crippen LogP contribution in [-0.4, -0.2) is 32.0 Å². The Morgan fingerprint density at radius 1 is 1.21 bits per heavy atom. The minimum atomic E-state index is -3.72. The minimum absolute atomic E-state index is 0.0814. The zero-order valence-corrected chi connectivity index (χ0v) is 17.6. The summed E-state index contributed by atoms with van der Waals surface area (Å²) in [7, 11) is -3.72. The number of halogens is 1. The molecule has 0 saturated carbocycles. The average Bonchev–Trinajstić information content (AvgIpc) is 3.16. The van der Waals surface area contributed by atoms with Crippen molar-refractivity contribution < 1.29 is 13.2 Å². The lowest BCUT2D eigenvalue weighted by Crippen LogP contribution is -2.29. The Kier molecular flexibility index (Phi) is 6.64. The predicted octanol–water partition coefficient (Wildman–Crippen LogP) is 3.93. The van der Waals surface area contributed by atoms with E-state index in [1.807, 2.05) is 12.1 Å². The Hall–Kier alpha value is -2.03. The number of amidine groups is 1. The number of rotatable bonds is 6. The van der Waals surface area contributed by atoms with Crippen LogP contribution in [0.25, 0.3) is 0 Å². The molecule has 0 fully saturated rings. The molecule has 0 bridgehead atoms. The van der Waals surface area contributed by atoms with Crippen molar-refractivity contribution in [2.75, 3.05) is 11.9 Å². The van der Waals surface area contributed by atoms with Crippen molar-refractivity contribution in [3.63, 3.8) is 0 Å². The van der Waals surface area contributed by atoms with Gasteiger partial charge in [-0.15, -0.1) is 11.8 Å². The third-order valence-corrected chi connectivity index (χ3v) is 6.78. The molecule has 0 radical (unpaired) electrons. The van der Waals surface area contributed by atoms with Crippen molar-refractivity contribution in [2.45, 2.75) is 34.8 Å². The molecule has 148 valence electrons. The normalized spacial score (nSPS) is 15.0. The summed E-state index contributed by atoms with van der Waals surface area (Å²) in [5, 5.41) is 3.04. The molecule has 1 aliphatic rings. The molecule has 0 spiro atoms. The lowest BCUT2D eigenvalue weighted by Gasteiger charge is -2.13. The fourth-order valence-corrected chi connectivity index (χ4v) is 4.72. The number of carbonyl (C=O) groups excluding carboxylic acids is 1. The number of hydrogen-bond acceptors (Lipinski definition) is 5. The van der Waals surface area contributed by atoms with Gasteiger partial charge in [-0.3, -0.25) is 14.5 Å². The summed E-state index contributed by atoms with van der Waals surface area (Å²) in [5.74, 6) is 0.255. The van der Waals surface area contributed by atoms with Crippen LogP contribution >= 0.6 is 23.4 Å². The number of nitrogens with zero attached hydrogens (tertiary/aromatic N) is 1. The fraction of sp³-hybridized carbons (Fsp3) is 0.263. The van der Waals surface area contributed by atoms with Crippen LogP contribution in [0.3, 0.4) is 0 Å². The number of hydrogen-bond donors (Lipinski definition) is 2. The molecule has 2 aromatic rings. The van der Waals surface area contributed by atoms with E-state index in [-0.39, 0.29) is 16.1 Å². The summed E-state index contributed by atoms with van der Waals surface area (Å²) < 4.78 is 27.5. The maximum Gasteiger partial charge on any atom is 0.262 e. The largest absolute Gasteiger partial charge is 0.325 e. The Morgan fingerprint density at radius 3 is 2.64 bits per heavy atom. The summed E-state index contributed by atoms with van der Waals surface area (Å²) in [6.45, 7) is 2.42. The number of sulfonamides is 1. The molecule has 1 atom stereocenters. The van der Waals surface area contributed by atoms with Crippen molar-refractivity contribution in [3.05, 3.63) is 53.6 Å². The van der Waals surface area contributed by atoms with Gasteiger partial charge in [0, 0.05) is 28.6 Å². The zero-order chi connectivity index (χ0) is 20.1. The van der Waals surface area contributed by atoms with E-state index in [9.17, 15) is 13.2 Å². The molecule has 0 aromatic heterocycles. The van der Waals surface area contributed by atoms with Gasteiger partial charge in [0.15, 0.2) is 0 Å². The summed E-state index contributed by atoms with van der Waals surface area (Å²) >= 11 is 7.27. The van der Waals surface area contributed by atoms with Gasteiger partial charge in [-0.25, -0.2) is 8.42 Å². The molecule has 0 saturated heterocycles. The Morgan fingerprint density at radius 2 is 1.96 bits per heavy atom. The number of thioether (sulfide) groups is 1. The third kappa shape index (κ3) is 5.50. The molecule has 2 N–H and O–H groups in total. The number of benzene rings is 2. The smallest absolute Gasteiger partial charge is 0.262 e. The van der Waals surface area contributed by atoms with Crippen LogP contribution in [0.4, 0.5) is 5.69 Å². The number of nitrogens with one attached hydrogen (secondary N) is 2. The van der Waals surface area contributed by atoms with Gasteiger partial charge < -0.3 is 5.32 Å². The maximum atomic E-state index is 12.5. The highest BCUT2D eigenvalue weighted by Gasteiger charge is 2.20. The summed E-state index contributed by atoms with van der Waals surface area (Å²) in [6.07, 6.45) is 1.46. The standard InChI is InChI=1S/C19H20ClN3O3S2/c1-13(27-16-9-7-14(20)8-10-16)19(24)22-15-4-2-5-17(12-15)28(25,26)23-18-6-3-11-21-18/h2,4-5,7-10,12-13H,3,6,11H2,1H3,(H,21,23)(H,22,24)/t13-/m0/s1. The van der Waals surface area contributed by atoms with Gasteiger partial charge in [0.05, 0.1) is 10.1 Å². The Balaban J connectivity index is 1.66. The quantitative estimate of drug-likeness (QED) is 0.670. The van der Waals surface area contributed by atoms with E-state index in [2.05, 4.69) is 15.0 Å². The minimum Gasteiger partial charge on any atom is -0.325 e. The van der Waals surface area contributed by atoms with E-state index in [0.29, 0.717) is 29.5 Å². The fourth-order valence-electron chi connectivity index (χ4n) is 2.59. The summed E-state index contributed by atoms with van der Waals surface area (Å²) in [4.78, 5) is 17.6. The molecule has 1 amide bonds. The molecule has 28 heavy (non-hydrogen) atoms. The summed E-state index contributed by atoms with van der Waals surface area (Å²) in [5.41, 5.74) is 0.421. The van der Waals surface area contributed by atoms with E-state index < -0.39 is 10.0 Å². The van der Waals surface area contributed by atoms with Crippen LogP contribution in [0, 0.1) is 0 Å². The molecule has 1 heterocycles. The van der Waals surface area contributed by atoms with Gasteiger partial charge in [0.25, 0.3) is 10.0 Å². The molecule has 9 heteroatoms. The van der Waals surface area contributed by atoms with Crippen LogP contribution in [-0.2, 0) is 14.8 Å². The van der Waals surface area contributed by atoms with E-state index in [1.165, 1.54) is 23.9 Å². The first-order valence-electron chi connectivity index (χ1n) is 8.73. The molecule has 0 unspecified atom stereocenters. The van der Waals surface area contributed by atoms with E-state index in [0.717, 1.165) is 11.3 Å². The van der Waals surface area contributed by atoms with Gasteiger partial charge in [0.2, 0.25) is 5.91 Å². The molecular weight excluding hydrogens is 418 g/mol. The van der Waals surface area contributed by atoms with Gasteiger partial charge in [-0.2, -0.15) is 0 Å². The summed E-state index contributed by atoms with van der Waals surface area (Å²) in [6, 6.07) is 13.4. The van der Waals surface area contributed by atoms with Gasteiger partial charge in [0.1, 0.15) is 5.84 Å². The second-order valence-electron chi connectivity index (χ2n) is 6.27. The lowest BCUT2D eigenvalue weighted by atomic mass is 10.3. The van der Waals surface area contributed by atoms with Crippen molar-refractivity contribution in [1.29, 1.82) is 0 Å². The lowest BCUT2D eigenvalue weighted by molar-refractivity contribution is -0.115. The second kappa shape index (κ2) is 8.98. The van der Waals surface area contributed by atoms with Crippen LogP contribution in [0.1, 0.15) is 19.8 Å². The van der Waals surface area contributed by atoms with E-state index in [4.69, 9.17) is 11.6 Å². The highest BCUT2D eigenvalue weighted by Crippen LogP contribution is 2.26. The van der Waals surface area contributed by atoms with Gasteiger partial charge in [-0.1, -0.05) is 17.7 Å². The van der Waals surface area contributed by atoms with E-state index in [1.54, 1.807) is 31.2 Å². The molecule has 3 rings (SSSR count). The topological polar surface area (TPSA) is 87.6 Å². The van der Waals surface area contributed by atoms with Gasteiger partial charge in [-0.05, 0) is 55.8 Å². The Labute approximate surface area is 173 Å². The number of aliphatic imine (C=N–C) groups is 1. The second-order valence-corrected chi connectivity index (χ2v) is 9.80. The van der Waals surface area contributed by atoms with Crippen molar-refractivity contribution in [3.8, 4) is 0 Å². The first-order chi connectivity index (χ1) is 13.3. The molecule has 6 nitrogen and oxygen atoms in total. The number of carbonyl (C=O) groups is 1. The number of amides is 1. The third-order valence-electron chi connectivity index (χ3n) is 4.03. The van der Waals surface area contributed by atoms with Crippen LogP contribution < -0.4 is 10.0 Å². The highest BCUT2D eigenvalue weighted by atomic mass is 35.5. The van der Waals surface area contributed by atoms with Crippen LogP contribution in [0.15, 0.2) is 63.3 Å². The SMILES string of the molecule is C[C@H](Sc1ccc(Cl)cc1)C(=O)Nc1cccc(S(=O)(=O)NC2=NCCC2)c1. The molecule has 1 aliphatic heterocycles. The maximum absolute atomic E-state index is 12.5. The predicted molar refractivity (Wildman–Crippen MR) is 114 cm³/mol. The Bertz CT molecular complexity index is 992. The van der Waals surface area contributed by atoms with Crippen LogP contribution in [0.5, 0.6) is 0 Å². The average molecular weight is 438 g/mol. The highest BCUT2D eigenvalue weighted by molar-refractivity contribution is 8.00. The number of anilines is 1. The van der Waals surface area contributed by atoms with Gasteiger partial charge >= 0.3 is 0 Å².